The van der Waals surface area contributed by atoms with Crippen molar-refractivity contribution in [3.63, 3.8) is 0 Å². The fraction of sp³-hybridized carbons (Fsp3) is 0.308. The molecular formula is C13H16ClN3. The molecule has 90 valence electrons. The summed E-state index contributed by atoms with van der Waals surface area (Å²) in [5.41, 5.74) is 8.97. The molecule has 0 radical (unpaired) electrons. The number of rotatable bonds is 3. The largest absolute Gasteiger partial charge is 0.384 e. The minimum atomic E-state index is 0.711. The van der Waals surface area contributed by atoms with E-state index in [9.17, 15) is 0 Å². The van der Waals surface area contributed by atoms with Crippen molar-refractivity contribution in [3.8, 4) is 11.3 Å². The van der Waals surface area contributed by atoms with E-state index in [1.807, 2.05) is 31.3 Å². The summed E-state index contributed by atoms with van der Waals surface area (Å²) in [5.74, 6) is 0.724. The molecular weight excluding hydrogens is 234 g/mol. The Bertz CT molecular complexity index is 531. The summed E-state index contributed by atoms with van der Waals surface area (Å²) in [7, 11) is 1.86. The quantitative estimate of drug-likeness (QED) is 0.907. The van der Waals surface area contributed by atoms with Gasteiger partial charge in [0.2, 0.25) is 0 Å². The van der Waals surface area contributed by atoms with Crippen LogP contribution >= 0.6 is 11.6 Å². The maximum atomic E-state index is 6.20. The lowest BCUT2D eigenvalue weighted by atomic mass is 10.0. The van der Waals surface area contributed by atoms with Gasteiger partial charge in [0.05, 0.1) is 10.7 Å². The van der Waals surface area contributed by atoms with Crippen LogP contribution in [0.1, 0.15) is 18.9 Å². The van der Waals surface area contributed by atoms with Crippen LogP contribution in [0.15, 0.2) is 24.3 Å². The van der Waals surface area contributed by atoms with Crippen LogP contribution in [0.5, 0.6) is 0 Å². The van der Waals surface area contributed by atoms with Gasteiger partial charge >= 0.3 is 0 Å². The van der Waals surface area contributed by atoms with Crippen LogP contribution in [0.3, 0.4) is 0 Å². The van der Waals surface area contributed by atoms with Crippen molar-refractivity contribution in [2.24, 2.45) is 7.05 Å². The van der Waals surface area contributed by atoms with Gasteiger partial charge < -0.3 is 5.73 Å². The summed E-state index contributed by atoms with van der Waals surface area (Å²) >= 11 is 6.20. The molecule has 4 heteroatoms. The van der Waals surface area contributed by atoms with Crippen LogP contribution in [-0.2, 0) is 13.5 Å². The van der Waals surface area contributed by atoms with E-state index in [-0.39, 0.29) is 0 Å². The summed E-state index contributed by atoms with van der Waals surface area (Å²) in [6.07, 6.45) is 1.95. The van der Waals surface area contributed by atoms with Crippen molar-refractivity contribution in [3.05, 3.63) is 34.9 Å². The van der Waals surface area contributed by atoms with E-state index < -0.39 is 0 Å². The number of benzene rings is 1. The van der Waals surface area contributed by atoms with E-state index in [0.29, 0.717) is 5.02 Å². The van der Waals surface area contributed by atoms with E-state index in [1.165, 1.54) is 0 Å². The molecule has 2 aromatic rings. The molecule has 0 spiro atoms. The molecule has 0 saturated heterocycles. The first-order valence-electron chi connectivity index (χ1n) is 5.71. The average molecular weight is 250 g/mol. The fourth-order valence-corrected chi connectivity index (χ4v) is 2.17. The van der Waals surface area contributed by atoms with Gasteiger partial charge in [0.25, 0.3) is 0 Å². The molecule has 2 rings (SSSR count). The van der Waals surface area contributed by atoms with Gasteiger partial charge in [-0.2, -0.15) is 5.10 Å². The van der Waals surface area contributed by atoms with E-state index in [2.05, 4.69) is 12.0 Å². The Morgan fingerprint density at radius 3 is 2.71 bits per heavy atom. The molecule has 0 fully saturated rings. The molecule has 0 aliphatic heterocycles. The van der Waals surface area contributed by atoms with Crippen LogP contribution in [-0.4, -0.2) is 9.78 Å². The van der Waals surface area contributed by atoms with Crippen LogP contribution in [0.2, 0.25) is 5.02 Å². The molecule has 0 unspecified atom stereocenters. The van der Waals surface area contributed by atoms with Crippen LogP contribution < -0.4 is 5.73 Å². The average Bonchev–Trinajstić information content (AvgIpc) is 2.58. The number of aromatic nitrogens is 2. The molecule has 1 aromatic heterocycles. The van der Waals surface area contributed by atoms with Crippen molar-refractivity contribution >= 4 is 17.4 Å². The molecule has 0 bridgehead atoms. The van der Waals surface area contributed by atoms with E-state index in [0.717, 1.165) is 35.5 Å². The topological polar surface area (TPSA) is 43.8 Å². The Kier molecular flexibility index (Phi) is 3.38. The third-order valence-corrected chi connectivity index (χ3v) is 3.15. The minimum absolute atomic E-state index is 0.711. The summed E-state index contributed by atoms with van der Waals surface area (Å²) in [6, 6.07) is 7.72. The molecule has 3 nitrogen and oxygen atoms in total. The second-order valence-electron chi connectivity index (χ2n) is 4.07. The lowest BCUT2D eigenvalue weighted by molar-refractivity contribution is 0.781. The molecule has 17 heavy (non-hydrogen) atoms. The summed E-state index contributed by atoms with van der Waals surface area (Å²) in [5, 5.41) is 5.18. The lowest BCUT2D eigenvalue weighted by Gasteiger charge is -2.03. The standard InChI is InChI=1S/C13H16ClN3/c1-3-6-10-12(16-17(2)13(10)15)9-7-4-5-8-11(9)14/h4-5,7-8H,3,6,15H2,1-2H3. The highest BCUT2D eigenvalue weighted by atomic mass is 35.5. The Labute approximate surface area is 106 Å². The van der Waals surface area contributed by atoms with Crippen molar-refractivity contribution in [1.82, 2.24) is 9.78 Å². The third kappa shape index (κ3) is 2.15. The Hall–Kier alpha value is -1.48. The number of hydrogen-bond acceptors (Lipinski definition) is 2. The Balaban J connectivity index is 2.59. The van der Waals surface area contributed by atoms with Gasteiger partial charge in [0, 0.05) is 18.2 Å². The molecule has 0 saturated carbocycles. The first kappa shape index (κ1) is 12.0. The fourth-order valence-electron chi connectivity index (χ4n) is 1.95. The first-order valence-corrected chi connectivity index (χ1v) is 6.09. The number of nitrogen functional groups attached to an aromatic ring is 1. The maximum absolute atomic E-state index is 6.20. The summed E-state index contributed by atoms with van der Waals surface area (Å²) < 4.78 is 1.71. The predicted octanol–water partition coefficient (Wildman–Crippen LogP) is 3.28. The second kappa shape index (κ2) is 4.80. The smallest absolute Gasteiger partial charge is 0.125 e. The van der Waals surface area contributed by atoms with Crippen LogP contribution in [0.4, 0.5) is 5.82 Å². The van der Waals surface area contributed by atoms with Gasteiger partial charge in [-0.1, -0.05) is 43.1 Å². The highest BCUT2D eigenvalue weighted by Gasteiger charge is 2.16. The molecule has 0 aliphatic carbocycles. The Morgan fingerprint density at radius 1 is 1.35 bits per heavy atom. The van der Waals surface area contributed by atoms with E-state index in [4.69, 9.17) is 17.3 Å². The maximum Gasteiger partial charge on any atom is 0.125 e. The molecule has 0 amide bonds. The highest BCUT2D eigenvalue weighted by molar-refractivity contribution is 6.33. The van der Waals surface area contributed by atoms with Crippen molar-refractivity contribution in [1.29, 1.82) is 0 Å². The van der Waals surface area contributed by atoms with Crippen molar-refractivity contribution in [2.75, 3.05) is 5.73 Å². The minimum Gasteiger partial charge on any atom is -0.384 e. The SMILES string of the molecule is CCCc1c(-c2ccccc2Cl)nn(C)c1N. The van der Waals surface area contributed by atoms with Crippen LogP contribution in [0.25, 0.3) is 11.3 Å². The zero-order chi connectivity index (χ0) is 12.4. The van der Waals surface area contributed by atoms with Gasteiger partial charge in [-0.25, -0.2) is 0 Å². The molecule has 0 aliphatic rings. The second-order valence-corrected chi connectivity index (χ2v) is 4.47. The third-order valence-electron chi connectivity index (χ3n) is 2.82. The monoisotopic (exact) mass is 249 g/mol. The number of aryl methyl sites for hydroxylation is 1. The predicted molar refractivity (Wildman–Crippen MR) is 72.1 cm³/mol. The molecule has 1 aromatic carbocycles. The Morgan fingerprint density at radius 2 is 2.06 bits per heavy atom. The van der Waals surface area contributed by atoms with Gasteiger partial charge in [-0.05, 0) is 12.5 Å². The number of nitrogens with zero attached hydrogens (tertiary/aromatic N) is 2. The number of hydrogen-bond donors (Lipinski definition) is 1. The number of anilines is 1. The van der Waals surface area contributed by atoms with Crippen LogP contribution in [0, 0.1) is 0 Å². The highest BCUT2D eigenvalue weighted by Crippen LogP contribution is 2.32. The van der Waals surface area contributed by atoms with E-state index in [1.54, 1.807) is 4.68 Å². The van der Waals surface area contributed by atoms with Gasteiger partial charge in [0.15, 0.2) is 0 Å². The summed E-state index contributed by atoms with van der Waals surface area (Å²) in [4.78, 5) is 0. The summed E-state index contributed by atoms with van der Waals surface area (Å²) in [6.45, 7) is 2.13. The zero-order valence-corrected chi connectivity index (χ0v) is 10.8. The zero-order valence-electron chi connectivity index (χ0n) is 10.1. The molecule has 1 heterocycles. The molecule has 2 N–H and O–H groups in total. The number of halogens is 1. The van der Waals surface area contributed by atoms with Gasteiger partial charge in [-0.3, -0.25) is 4.68 Å². The van der Waals surface area contributed by atoms with Gasteiger partial charge in [0.1, 0.15) is 5.82 Å². The first-order chi connectivity index (χ1) is 8.15. The van der Waals surface area contributed by atoms with Crippen molar-refractivity contribution in [2.45, 2.75) is 19.8 Å². The number of nitrogens with two attached hydrogens (primary N) is 1. The van der Waals surface area contributed by atoms with E-state index >= 15 is 0 Å². The normalized spacial score (nSPS) is 10.8. The lowest BCUT2D eigenvalue weighted by Crippen LogP contribution is -1.99. The van der Waals surface area contributed by atoms with Gasteiger partial charge in [-0.15, -0.1) is 0 Å². The van der Waals surface area contributed by atoms with Crippen molar-refractivity contribution < 1.29 is 0 Å². The molecule has 0 atom stereocenters.